The van der Waals surface area contributed by atoms with Gasteiger partial charge in [-0.05, 0) is 42.9 Å². The first-order valence-electron chi connectivity index (χ1n) is 10.6. The summed E-state index contributed by atoms with van der Waals surface area (Å²) >= 11 is 0. The van der Waals surface area contributed by atoms with Gasteiger partial charge in [0.2, 0.25) is 0 Å². The zero-order valence-corrected chi connectivity index (χ0v) is 16.7. The number of ether oxygens (including phenoxy) is 1. The van der Waals surface area contributed by atoms with Crippen molar-refractivity contribution in [2.75, 3.05) is 13.7 Å². The van der Waals surface area contributed by atoms with Crippen molar-refractivity contribution in [3.63, 3.8) is 0 Å². The average Bonchev–Trinajstić information content (AvgIpc) is 3.42. The molecular formula is C22H30N4O2. The summed E-state index contributed by atoms with van der Waals surface area (Å²) < 4.78 is 7.19. The Balaban J connectivity index is 1.41. The molecule has 6 heteroatoms. The van der Waals surface area contributed by atoms with Gasteiger partial charge >= 0.3 is 0 Å². The molecule has 1 aromatic heterocycles. The van der Waals surface area contributed by atoms with E-state index in [0.717, 1.165) is 49.6 Å². The van der Waals surface area contributed by atoms with Gasteiger partial charge in [0.15, 0.2) is 5.69 Å². The van der Waals surface area contributed by atoms with Crippen molar-refractivity contribution in [1.29, 1.82) is 0 Å². The second-order valence-corrected chi connectivity index (χ2v) is 8.09. The molecule has 2 aliphatic rings. The van der Waals surface area contributed by atoms with Crippen molar-refractivity contribution in [1.82, 2.24) is 19.9 Å². The fourth-order valence-corrected chi connectivity index (χ4v) is 4.65. The van der Waals surface area contributed by atoms with E-state index in [4.69, 9.17) is 4.74 Å². The molecule has 1 saturated carbocycles. The minimum atomic E-state index is -0.0192. The van der Waals surface area contributed by atoms with Gasteiger partial charge in [-0.25, -0.2) is 0 Å². The average molecular weight is 383 g/mol. The predicted octanol–water partition coefficient (Wildman–Crippen LogP) is 4.23. The van der Waals surface area contributed by atoms with Crippen LogP contribution in [0.4, 0.5) is 0 Å². The van der Waals surface area contributed by atoms with Crippen molar-refractivity contribution in [2.24, 2.45) is 5.92 Å². The van der Waals surface area contributed by atoms with Crippen LogP contribution < -0.4 is 4.74 Å². The Morgan fingerprint density at radius 3 is 2.86 bits per heavy atom. The standard InChI is InChI=1S/C22H30N4O2/c1-28-19-10-5-9-18(15-19)21-11-6-13-26(21)22(27)20-16-25(24-23-20)14-12-17-7-3-2-4-8-17/h5,9-10,15-17,21H,2-4,6-8,11-14H2,1H3/t21-/m0/s1. The minimum absolute atomic E-state index is 0.0192. The van der Waals surface area contributed by atoms with E-state index in [9.17, 15) is 4.79 Å². The van der Waals surface area contributed by atoms with Crippen LogP contribution in [-0.4, -0.2) is 39.5 Å². The van der Waals surface area contributed by atoms with Crippen LogP contribution in [0.1, 0.15) is 73.5 Å². The van der Waals surface area contributed by atoms with Gasteiger partial charge in [0.25, 0.3) is 5.91 Å². The minimum Gasteiger partial charge on any atom is -0.497 e. The molecule has 0 unspecified atom stereocenters. The lowest BCUT2D eigenvalue weighted by Gasteiger charge is -2.24. The van der Waals surface area contributed by atoms with Crippen molar-refractivity contribution in [3.8, 4) is 5.75 Å². The van der Waals surface area contributed by atoms with Crippen LogP contribution >= 0.6 is 0 Å². The second kappa shape index (κ2) is 8.76. The van der Waals surface area contributed by atoms with Crippen molar-refractivity contribution >= 4 is 5.91 Å². The Morgan fingerprint density at radius 1 is 1.18 bits per heavy atom. The van der Waals surface area contributed by atoms with E-state index >= 15 is 0 Å². The Labute approximate surface area is 166 Å². The zero-order chi connectivity index (χ0) is 19.3. The smallest absolute Gasteiger partial charge is 0.276 e. The SMILES string of the molecule is COc1cccc([C@@H]2CCCN2C(=O)c2cn(CCC3CCCCC3)nn2)c1. The lowest BCUT2D eigenvalue weighted by Crippen LogP contribution is -2.30. The van der Waals surface area contributed by atoms with Crippen LogP contribution in [-0.2, 0) is 6.54 Å². The van der Waals surface area contributed by atoms with Crippen LogP contribution in [0.5, 0.6) is 5.75 Å². The van der Waals surface area contributed by atoms with Crippen molar-refractivity contribution in [3.05, 3.63) is 41.7 Å². The monoisotopic (exact) mass is 382 g/mol. The summed E-state index contributed by atoms with van der Waals surface area (Å²) in [6.45, 7) is 1.61. The predicted molar refractivity (Wildman–Crippen MR) is 107 cm³/mol. The first-order chi connectivity index (χ1) is 13.7. The molecule has 0 radical (unpaired) electrons. The number of methoxy groups -OCH3 is 1. The molecule has 28 heavy (non-hydrogen) atoms. The molecule has 2 aromatic rings. The fraction of sp³-hybridized carbons (Fsp3) is 0.591. The number of carbonyl (C=O) groups is 1. The summed E-state index contributed by atoms with van der Waals surface area (Å²) in [7, 11) is 1.67. The summed E-state index contributed by atoms with van der Waals surface area (Å²) in [6, 6.07) is 8.09. The largest absolute Gasteiger partial charge is 0.497 e. The molecule has 1 amide bonds. The van der Waals surface area contributed by atoms with Crippen LogP contribution in [0.3, 0.4) is 0 Å². The normalized spacial score (nSPS) is 20.5. The maximum Gasteiger partial charge on any atom is 0.276 e. The van der Waals surface area contributed by atoms with Gasteiger partial charge in [0.05, 0.1) is 19.3 Å². The van der Waals surface area contributed by atoms with Crippen LogP contribution in [0.25, 0.3) is 0 Å². The summed E-state index contributed by atoms with van der Waals surface area (Å²) in [5, 5.41) is 8.40. The van der Waals surface area contributed by atoms with Gasteiger partial charge in [-0.15, -0.1) is 5.10 Å². The molecule has 1 aliphatic heterocycles. The highest BCUT2D eigenvalue weighted by Crippen LogP contribution is 2.34. The van der Waals surface area contributed by atoms with Gasteiger partial charge in [-0.3, -0.25) is 9.48 Å². The number of aromatic nitrogens is 3. The lowest BCUT2D eigenvalue weighted by molar-refractivity contribution is 0.0729. The van der Waals surface area contributed by atoms with E-state index in [-0.39, 0.29) is 11.9 Å². The first kappa shape index (κ1) is 19.0. The number of nitrogens with zero attached hydrogens (tertiary/aromatic N) is 4. The van der Waals surface area contributed by atoms with Gasteiger partial charge in [-0.1, -0.05) is 49.5 Å². The number of amides is 1. The number of carbonyl (C=O) groups excluding carboxylic acids is 1. The summed E-state index contributed by atoms with van der Waals surface area (Å²) in [5.41, 5.74) is 1.58. The molecule has 150 valence electrons. The zero-order valence-electron chi connectivity index (χ0n) is 16.7. The van der Waals surface area contributed by atoms with Gasteiger partial charge in [0, 0.05) is 13.1 Å². The molecule has 0 N–H and O–H groups in total. The van der Waals surface area contributed by atoms with E-state index in [1.165, 1.54) is 32.1 Å². The molecule has 6 nitrogen and oxygen atoms in total. The van der Waals surface area contributed by atoms with Gasteiger partial charge in [-0.2, -0.15) is 0 Å². The summed E-state index contributed by atoms with van der Waals surface area (Å²) in [6.07, 6.45) is 11.7. The number of benzene rings is 1. The van der Waals surface area contributed by atoms with Crippen LogP contribution in [0.15, 0.2) is 30.5 Å². The maximum absolute atomic E-state index is 13.1. The topological polar surface area (TPSA) is 60.2 Å². The Hall–Kier alpha value is -2.37. The number of rotatable bonds is 6. The Morgan fingerprint density at radius 2 is 2.04 bits per heavy atom. The van der Waals surface area contributed by atoms with E-state index in [1.54, 1.807) is 7.11 Å². The second-order valence-electron chi connectivity index (χ2n) is 8.09. The molecule has 1 aromatic carbocycles. The highest BCUT2D eigenvalue weighted by atomic mass is 16.5. The molecule has 1 saturated heterocycles. The number of aryl methyl sites for hydroxylation is 1. The molecule has 4 rings (SSSR count). The van der Waals surface area contributed by atoms with Crippen LogP contribution in [0.2, 0.25) is 0 Å². The Bertz CT molecular complexity index is 797. The molecule has 2 fully saturated rings. The lowest BCUT2D eigenvalue weighted by atomic mass is 9.87. The van der Waals surface area contributed by atoms with E-state index in [0.29, 0.717) is 5.69 Å². The third-order valence-corrected chi connectivity index (χ3v) is 6.24. The van der Waals surface area contributed by atoms with E-state index in [1.807, 2.05) is 34.0 Å². The van der Waals surface area contributed by atoms with Gasteiger partial charge < -0.3 is 9.64 Å². The van der Waals surface area contributed by atoms with Crippen LogP contribution in [0, 0.1) is 5.92 Å². The number of likely N-dealkylation sites (tertiary alicyclic amines) is 1. The highest BCUT2D eigenvalue weighted by Gasteiger charge is 2.32. The molecule has 0 bridgehead atoms. The van der Waals surface area contributed by atoms with Crippen molar-refractivity contribution in [2.45, 2.75) is 64.0 Å². The Kier molecular flexibility index (Phi) is 5.93. The van der Waals surface area contributed by atoms with Gasteiger partial charge in [0.1, 0.15) is 5.75 Å². The van der Waals surface area contributed by atoms with E-state index in [2.05, 4.69) is 16.4 Å². The summed E-state index contributed by atoms with van der Waals surface area (Å²) in [5.74, 6) is 1.60. The molecule has 0 spiro atoms. The van der Waals surface area contributed by atoms with Crippen molar-refractivity contribution < 1.29 is 9.53 Å². The maximum atomic E-state index is 13.1. The molecule has 1 atom stereocenters. The molecule has 1 aliphatic carbocycles. The third kappa shape index (κ3) is 4.21. The summed E-state index contributed by atoms with van der Waals surface area (Å²) in [4.78, 5) is 15.0. The number of hydrogen-bond acceptors (Lipinski definition) is 4. The van der Waals surface area contributed by atoms with E-state index < -0.39 is 0 Å². The fourth-order valence-electron chi connectivity index (χ4n) is 4.65. The first-order valence-corrected chi connectivity index (χ1v) is 10.6. The molecule has 2 heterocycles. The highest BCUT2D eigenvalue weighted by molar-refractivity contribution is 5.92. The molecular weight excluding hydrogens is 352 g/mol. The number of hydrogen-bond donors (Lipinski definition) is 0. The quantitative estimate of drug-likeness (QED) is 0.750. The third-order valence-electron chi connectivity index (χ3n) is 6.24.